The molecule has 4 aromatic carbocycles. The molecule has 5 rings (SSSR count). The predicted molar refractivity (Wildman–Crippen MR) is 147 cm³/mol. The lowest BCUT2D eigenvalue weighted by molar-refractivity contribution is 0.333. The van der Waals surface area contributed by atoms with Crippen LogP contribution in [0.1, 0.15) is 40.8 Å². The molecule has 1 unspecified atom stereocenters. The fourth-order valence-corrected chi connectivity index (χ4v) is 6.23. The monoisotopic (exact) mass is 496 g/mol. The third kappa shape index (κ3) is 6.60. The highest BCUT2D eigenvalue weighted by Crippen LogP contribution is 2.40. The molecule has 4 nitrogen and oxygen atoms in total. The van der Waals surface area contributed by atoms with Crippen molar-refractivity contribution < 1.29 is 9.30 Å². The summed E-state index contributed by atoms with van der Waals surface area (Å²) < 4.78 is 24.2. The molecule has 1 aliphatic rings. The number of hydrogen-bond acceptors (Lipinski definition) is 2. The van der Waals surface area contributed by atoms with Crippen molar-refractivity contribution in [2.24, 2.45) is 0 Å². The fourth-order valence-electron chi connectivity index (χ4n) is 4.56. The normalized spacial score (nSPS) is 17.9. The van der Waals surface area contributed by atoms with Crippen molar-refractivity contribution in [1.82, 2.24) is 9.34 Å². The van der Waals surface area contributed by atoms with Gasteiger partial charge in [-0.1, -0.05) is 115 Å². The van der Waals surface area contributed by atoms with E-state index in [2.05, 4.69) is 76.9 Å². The summed E-state index contributed by atoms with van der Waals surface area (Å²) >= 11 is 0. The van der Waals surface area contributed by atoms with Gasteiger partial charge < -0.3 is 4.74 Å². The van der Waals surface area contributed by atoms with Crippen LogP contribution in [0.3, 0.4) is 0 Å². The van der Waals surface area contributed by atoms with E-state index < -0.39 is 8.10 Å². The minimum Gasteiger partial charge on any atom is -0.365 e. The molecule has 1 aliphatic heterocycles. The molecule has 3 atom stereocenters. The number of epoxide rings is 1. The van der Waals surface area contributed by atoms with Gasteiger partial charge >= 0.3 is 0 Å². The van der Waals surface area contributed by atoms with Crippen LogP contribution in [0.4, 0.5) is 0 Å². The SMILES string of the molecule is C[C@H]1O[C@H]1c1ccc(CN(Cc2ccccc2)[PH](=O)N(Cc2ccccc2)Cc2ccccc2)cc1. The van der Waals surface area contributed by atoms with Gasteiger partial charge in [0.15, 0.2) is 0 Å². The largest absolute Gasteiger partial charge is 0.365 e. The summed E-state index contributed by atoms with van der Waals surface area (Å²) in [4.78, 5) is 0. The molecule has 0 spiro atoms. The van der Waals surface area contributed by atoms with Crippen molar-refractivity contribution in [2.45, 2.75) is 45.3 Å². The molecule has 36 heavy (non-hydrogen) atoms. The molecular formula is C31H33N2O2P. The van der Waals surface area contributed by atoms with E-state index in [-0.39, 0.29) is 6.10 Å². The maximum Gasteiger partial charge on any atom is 0.206 e. The van der Waals surface area contributed by atoms with Crippen LogP contribution in [0.5, 0.6) is 0 Å². The molecule has 0 N–H and O–H groups in total. The number of nitrogens with zero attached hydrogens (tertiary/aromatic N) is 2. The average molecular weight is 497 g/mol. The van der Waals surface area contributed by atoms with Gasteiger partial charge in [0, 0.05) is 26.2 Å². The Bertz CT molecular complexity index is 1210. The Balaban J connectivity index is 1.40. The van der Waals surface area contributed by atoms with Gasteiger partial charge in [-0.15, -0.1) is 0 Å². The zero-order valence-corrected chi connectivity index (χ0v) is 21.7. The second-order valence-electron chi connectivity index (χ2n) is 9.45. The van der Waals surface area contributed by atoms with Crippen molar-refractivity contribution in [3.63, 3.8) is 0 Å². The van der Waals surface area contributed by atoms with Gasteiger partial charge in [-0.3, -0.25) is 4.57 Å². The van der Waals surface area contributed by atoms with Crippen molar-refractivity contribution in [2.75, 3.05) is 0 Å². The van der Waals surface area contributed by atoms with Crippen LogP contribution < -0.4 is 0 Å². The lowest BCUT2D eigenvalue weighted by Crippen LogP contribution is -2.25. The van der Waals surface area contributed by atoms with Crippen LogP contribution in [-0.4, -0.2) is 15.4 Å². The highest BCUT2D eigenvalue weighted by Gasteiger charge is 2.35. The van der Waals surface area contributed by atoms with Crippen LogP contribution in [0.15, 0.2) is 115 Å². The Kier molecular flexibility index (Phi) is 8.10. The van der Waals surface area contributed by atoms with Gasteiger partial charge in [0.2, 0.25) is 8.10 Å². The molecule has 0 aromatic heterocycles. The van der Waals surface area contributed by atoms with Gasteiger partial charge in [-0.25, -0.2) is 9.34 Å². The minimum atomic E-state index is -2.29. The second-order valence-corrected chi connectivity index (χ2v) is 11.3. The topological polar surface area (TPSA) is 36.1 Å². The average Bonchev–Trinajstić information content (AvgIpc) is 3.66. The van der Waals surface area contributed by atoms with E-state index in [4.69, 9.17) is 4.74 Å². The standard InChI is InChI=1S/C31H33N2O2P/c1-25-31(35-25)30-19-17-29(18-20-30)24-33(23-28-15-9-4-10-16-28)36(34)32(21-26-11-5-2-6-12-26)22-27-13-7-3-8-14-27/h2-20,25,31,36H,21-24H2,1H3/t25-,31-/m1/s1. The molecule has 0 amide bonds. The second kappa shape index (κ2) is 11.8. The van der Waals surface area contributed by atoms with E-state index in [0.717, 1.165) is 22.3 Å². The number of benzene rings is 4. The van der Waals surface area contributed by atoms with Gasteiger partial charge in [-0.05, 0) is 34.7 Å². The van der Waals surface area contributed by atoms with Gasteiger partial charge in [0.25, 0.3) is 0 Å². The van der Waals surface area contributed by atoms with E-state index in [1.54, 1.807) is 0 Å². The minimum absolute atomic E-state index is 0.214. The Morgan fingerprint density at radius 1 is 0.583 bits per heavy atom. The fraction of sp³-hybridized carbons (Fsp3) is 0.226. The number of ether oxygens (including phenoxy) is 1. The summed E-state index contributed by atoms with van der Waals surface area (Å²) in [7, 11) is -2.29. The first kappa shape index (κ1) is 24.7. The van der Waals surface area contributed by atoms with Crippen molar-refractivity contribution in [3.05, 3.63) is 143 Å². The first-order valence-electron chi connectivity index (χ1n) is 12.6. The smallest absolute Gasteiger partial charge is 0.206 e. The summed E-state index contributed by atoms with van der Waals surface area (Å²) in [5.41, 5.74) is 5.85. The maximum absolute atomic E-state index is 14.3. The molecule has 5 heteroatoms. The molecular weight excluding hydrogens is 463 g/mol. The first-order valence-corrected chi connectivity index (χ1v) is 13.9. The van der Waals surface area contributed by atoms with E-state index in [9.17, 15) is 4.57 Å². The van der Waals surface area contributed by atoms with Gasteiger partial charge in [0.05, 0.1) is 6.10 Å². The Morgan fingerprint density at radius 2 is 0.917 bits per heavy atom. The molecule has 0 saturated carbocycles. The van der Waals surface area contributed by atoms with Crippen LogP contribution in [-0.2, 0) is 35.5 Å². The van der Waals surface area contributed by atoms with E-state index >= 15 is 0 Å². The number of rotatable bonds is 11. The molecule has 1 heterocycles. The lowest BCUT2D eigenvalue weighted by atomic mass is 10.1. The maximum atomic E-state index is 14.3. The van der Waals surface area contributed by atoms with E-state index in [1.165, 1.54) is 5.56 Å². The summed E-state index contributed by atoms with van der Waals surface area (Å²) in [5.74, 6) is 0. The summed E-state index contributed by atoms with van der Waals surface area (Å²) in [6.45, 7) is 4.61. The van der Waals surface area contributed by atoms with Gasteiger partial charge in [0.1, 0.15) is 6.10 Å². The lowest BCUT2D eigenvalue weighted by Gasteiger charge is -2.30. The Morgan fingerprint density at radius 3 is 1.25 bits per heavy atom. The van der Waals surface area contributed by atoms with Crippen molar-refractivity contribution in [3.8, 4) is 0 Å². The molecule has 0 bridgehead atoms. The third-order valence-corrected chi connectivity index (χ3v) is 8.30. The van der Waals surface area contributed by atoms with Crippen molar-refractivity contribution in [1.29, 1.82) is 0 Å². The van der Waals surface area contributed by atoms with Crippen LogP contribution in [0, 0.1) is 0 Å². The summed E-state index contributed by atoms with van der Waals surface area (Å²) in [5, 5.41) is 0. The predicted octanol–water partition coefficient (Wildman–Crippen LogP) is 7.24. The molecule has 4 aromatic rings. The zero-order valence-electron chi connectivity index (χ0n) is 20.7. The van der Waals surface area contributed by atoms with Crippen LogP contribution in [0.2, 0.25) is 0 Å². The summed E-state index contributed by atoms with van der Waals surface area (Å²) in [6, 6.07) is 39.5. The highest BCUT2D eigenvalue weighted by molar-refractivity contribution is 7.39. The molecule has 1 fully saturated rings. The van der Waals surface area contributed by atoms with Crippen LogP contribution >= 0.6 is 8.10 Å². The summed E-state index contributed by atoms with van der Waals surface area (Å²) in [6.07, 6.45) is 0.511. The van der Waals surface area contributed by atoms with E-state index in [0.29, 0.717) is 32.3 Å². The Labute approximate surface area is 215 Å². The zero-order chi connectivity index (χ0) is 24.7. The molecule has 0 aliphatic carbocycles. The molecule has 184 valence electrons. The quantitative estimate of drug-likeness (QED) is 0.162. The van der Waals surface area contributed by atoms with E-state index in [1.807, 2.05) is 54.6 Å². The molecule has 1 saturated heterocycles. The highest BCUT2D eigenvalue weighted by atomic mass is 31.1. The number of hydrogen-bond donors (Lipinski definition) is 0. The van der Waals surface area contributed by atoms with Gasteiger partial charge in [-0.2, -0.15) is 0 Å². The first-order chi connectivity index (χ1) is 17.7. The van der Waals surface area contributed by atoms with Crippen molar-refractivity contribution >= 4 is 8.10 Å². The molecule has 0 radical (unpaired) electrons. The van der Waals surface area contributed by atoms with Crippen LogP contribution in [0.25, 0.3) is 0 Å². The Hall–Kier alpha value is -3.01. The third-order valence-electron chi connectivity index (χ3n) is 6.58.